The third kappa shape index (κ3) is 5.65. The third-order valence-corrected chi connectivity index (χ3v) is 2.46. The average molecular weight is 238 g/mol. The Morgan fingerprint density at radius 1 is 1.41 bits per heavy atom. The van der Waals surface area contributed by atoms with Gasteiger partial charge in [-0.3, -0.25) is 0 Å². The van der Waals surface area contributed by atoms with Crippen molar-refractivity contribution >= 4 is 0 Å². The summed E-state index contributed by atoms with van der Waals surface area (Å²) in [6.07, 6.45) is 2.33. The van der Waals surface area contributed by atoms with E-state index in [1.807, 2.05) is 12.1 Å². The summed E-state index contributed by atoms with van der Waals surface area (Å²) in [6.45, 7) is 5.55. The average Bonchev–Trinajstić information content (AvgIpc) is 2.29. The number of methoxy groups -OCH3 is 1. The van der Waals surface area contributed by atoms with Gasteiger partial charge in [0, 0.05) is 25.4 Å². The van der Waals surface area contributed by atoms with E-state index in [1.54, 1.807) is 13.3 Å². The Kier molecular flexibility index (Phi) is 5.94. The molecule has 2 N–H and O–H groups in total. The van der Waals surface area contributed by atoms with Crippen LogP contribution in [0.4, 0.5) is 0 Å². The molecular weight excluding hydrogens is 216 g/mol. The van der Waals surface area contributed by atoms with Crippen LogP contribution in [0.1, 0.15) is 25.8 Å². The van der Waals surface area contributed by atoms with Crippen LogP contribution < -0.4 is 10.1 Å². The Morgan fingerprint density at radius 2 is 2.18 bits per heavy atom. The molecule has 4 heteroatoms. The molecule has 1 unspecified atom stereocenters. The van der Waals surface area contributed by atoms with Crippen molar-refractivity contribution in [2.24, 2.45) is 5.92 Å². The fraction of sp³-hybridized carbons (Fsp3) is 0.615. The molecule has 1 heterocycles. The van der Waals surface area contributed by atoms with Crippen LogP contribution in [0.5, 0.6) is 5.88 Å². The number of nitrogens with one attached hydrogen (secondary N) is 1. The summed E-state index contributed by atoms with van der Waals surface area (Å²) in [5.74, 6) is 1.14. The minimum atomic E-state index is -0.277. The number of hydrogen-bond acceptors (Lipinski definition) is 4. The van der Waals surface area contributed by atoms with Gasteiger partial charge < -0.3 is 15.2 Å². The van der Waals surface area contributed by atoms with E-state index in [0.717, 1.165) is 12.0 Å². The molecule has 1 rings (SSSR count). The van der Waals surface area contributed by atoms with E-state index in [9.17, 15) is 5.11 Å². The number of ether oxygens (including phenoxy) is 1. The molecule has 1 atom stereocenters. The molecule has 4 nitrogen and oxygen atoms in total. The van der Waals surface area contributed by atoms with Crippen molar-refractivity contribution < 1.29 is 9.84 Å². The summed E-state index contributed by atoms with van der Waals surface area (Å²) in [4.78, 5) is 4.12. The van der Waals surface area contributed by atoms with Crippen molar-refractivity contribution in [3.05, 3.63) is 23.9 Å². The van der Waals surface area contributed by atoms with Crippen molar-refractivity contribution in [3.8, 4) is 5.88 Å². The van der Waals surface area contributed by atoms with E-state index in [-0.39, 0.29) is 6.10 Å². The zero-order valence-electron chi connectivity index (χ0n) is 10.8. The van der Waals surface area contributed by atoms with Crippen molar-refractivity contribution in [2.75, 3.05) is 13.7 Å². The van der Waals surface area contributed by atoms with Gasteiger partial charge in [-0.25, -0.2) is 4.98 Å². The summed E-state index contributed by atoms with van der Waals surface area (Å²) in [6, 6.07) is 3.80. The number of hydrogen-bond donors (Lipinski definition) is 2. The summed E-state index contributed by atoms with van der Waals surface area (Å²) in [7, 11) is 1.60. The Balaban J connectivity index is 2.25. The summed E-state index contributed by atoms with van der Waals surface area (Å²) < 4.78 is 4.98. The fourth-order valence-corrected chi connectivity index (χ4v) is 1.65. The van der Waals surface area contributed by atoms with E-state index < -0.39 is 0 Å². The Bertz CT molecular complexity index is 312. The lowest BCUT2D eigenvalue weighted by Crippen LogP contribution is -2.27. The van der Waals surface area contributed by atoms with Gasteiger partial charge in [-0.1, -0.05) is 19.9 Å². The van der Waals surface area contributed by atoms with Crippen LogP contribution in [-0.4, -0.2) is 29.8 Å². The van der Waals surface area contributed by atoms with Gasteiger partial charge in [0.25, 0.3) is 0 Å². The second-order valence-electron chi connectivity index (χ2n) is 4.62. The Labute approximate surface area is 103 Å². The van der Waals surface area contributed by atoms with Gasteiger partial charge in [-0.2, -0.15) is 0 Å². The molecule has 0 aliphatic heterocycles. The van der Waals surface area contributed by atoms with Gasteiger partial charge in [0.1, 0.15) is 0 Å². The largest absolute Gasteiger partial charge is 0.481 e. The first-order valence-electron chi connectivity index (χ1n) is 5.99. The quantitative estimate of drug-likeness (QED) is 0.757. The number of nitrogens with zero attached hydrogens (tertiary/aromatic N) is 1. The molecule has 0 fully saturated rings. The molecule has 96 valence electrons. The minimum Gasteiger partial charge on any atom is -0.481 e. The molecule has 0 amide bonds. The van der Waals surface area contributed by atoms with Crippen LogP contribution in [0.25, 0.3) is 0 Å². The minimum absolute atomic E-state index is 0.277. The molecule has 0 saturated carbocycles. The van der Waals surface area contributed by atoms with Crippen molar-refractivity contribution in [2.45, 2.75) is 32.9 Å². The van der Waals surface area contributed by atoms with Crippen molar-refractivity contribution in [3.63, 3.8) is 0 Å². The third-order valence-electron chi connectivity index (χ3n) is 2.46. The van der Waals surface area contributed by atoms with E-state index in [4.69, 9.17) is 4.74 Å². The predicted molar refractivity (Wildman–Crippen MR) is 68.0 cm³/mol. The maximum absolute atomic E-state index is 9.68. The number of pyridine rings is 1. The van der Waals surface area contributed by atoms with Crippen LogP contribution in [-0.2, 0) is 6.54 Å². The molecule has 0 bridgehead atoms. The second kappa shape index (κ2) is 7.25. The van der Waals surface area contributed by atoms with Gasteiger partial charge in [-0.15, -0.1) is 0 Å². The van der Waals surface area contributed by atoms with Gasteiger partial charge in [0.05, 0.1) is 13.2 Å². The highest BCUT2D eigenvalue weighted by molar-refractivity contribution is 5.17. The van der Waals surface area contributed by atoms with E-state index in [0.29, 0.717) is 24.9 Å². The normalized spacial score (nSPS) is 12.8. The van der Waals surface area contributed by atoms with Gasteiger partial charge in [0.2, 0.25) is 5.88 Å². The number of rotatable bonds is 7. The first kappa shape index (κ1) is 13.9. The van der Waals surface area contributed by atoms with Crippen LogP contribution in [0.2, 0.25) is 0 Å². The SMILES string of the molecule is COc1ccc(CNCC(O)CC(C)C)cn1. The highest BCUT2D eigenvalue weighted by atomic mass is 16.5. The maximum Gasteiger partial charge on any atom is 0.212 e. The van der Waals surface area contributed by atoms with Gasteiger partial charge >= 0.3 is 0 Å². The van der Waals surface area contributed by atoms with Crippen LogP contribution >= 0.6 is 0 Å². The summed E-state index contributed by atoms with van der Waals surface area (Å²) >= 11 is 0. The molecule has 1 aromatic rings. The lowest BCUT2D eigenvalue weighted by atomic mass is 10.1. The first-order valence-corrected chi connectivity index (χ1v) is 5.99. The number of aliphatic hydroxyl groups is 1. The number of aromatic nitrogens is 1. The molecular formula is C13H22N2O2. The molecule has 0 spiro atoms. The zero-order chi connectivity index (χ0) is 12.7. The monoisotopic (exact) mass is 238 g/mol. The molecule has 0 saturated heterocycles. The lowest BCUT2D eigenvalue weighted by molar-refractivity contribution is 0.146. The standard InChI is InChI=1S/C13H22N2O2/c1-10(2)6-12(16)9-14-7-11-4-5-13(17-3)15-8-11/h4-5,8,10,12,14,16H,6-7,9H2,1-3H3. The molecule has 17 heavy (non-hydrogen) atoms. The van der Waals surface area contributed by atoms with Gasteiger partial charge in [-0.05, 0) is 17.9 Å². The second-order valence-corrected chi connectivity index (χ2v) is 4.62. The Hall–Kier alpha value is -1.13. The van der Waals surface area contributed by atoms with Crippen molar-refractivity contribution in [1.29, 1.82) is 0 Å². The molecule has 0 aliphatic rings. The highest BCUT2D eigenvalue weighted by Crippen LogP contribution is 2.07. The summed E-state index contributed by atoms with van der Waals surface area (Å²) in [5, 5.41) is 12.9. The molecule has 0 aliphatic carbocycles. The Morgan fingerprint density at radius 3 is 2.71 bits per heavy atom. The van der Waals surface area contributed by atoms with E-state index >= 15 is 0 Å². The molecule has 0 radical (unpaired) electrons. The fourth-order valence-electron chi connectivity index (χ4n) is 1.65. The maximum atomic E-state index is 9.68. The highest BCUT2D eigenvalue weighted by Gasteiger charge is 2.06. The smallest absolute Gasteiger partial charge is 0.212 e. The number of aliphatic hydroxyl groups excluding tert-OH is 1. The van der Waals surface area contributed by atoms with Crippen LogP contribution in [0.15, 0.2) is 18.3 Å². The predicted octanol–water partition coefficient (Wildman–Crippen LogP) is 1.59. The topological polar surface area (TPSA) is 54.4 Å². The van der Waals surface area contributed by atoms with Gasteiger partial charge in [0.15, 0.2) is 0 Å². The summed E-state index contributed by atoms with van der Waals surface area (Å²) in [5.41, 5.74) is 1.09. The molecule has 0 aromatic carbocycles. The van der Waals surface area contributed by atoms with Crippen molar-refractivity contribution in [1.82, 2.24) is 10.3 Å². The molecule has 1 aromatic heterocycles. The first-order chi connectivity index (χ1) is 8.11. The van der Waals surface area contributed by atoms with Crippen LogP contribution in [0.3, 0.4) is 0 Å². The van der Waals surface area contributed by atoms with E-state index in [2.05, 4.69) is 24.1 Å². The van der Waals surface area contributed by atoms with E-state index in [1.165, 1.54) is 0 Å². The zero-order valence-corrected chi connectivity index (χ0v) is 10.8. The lowest BCUT2D eigenvalue weighted by Gasteiger charge is -2.13. The van der Waals surface area contributed by atoms with Crippen LogP contribution in [0, 0.1) is 5.92 Å².